The third-order valence-corrected chi connectivity index (χ3v) is 5.60. The van der Waals surface area contributed by atoms with Crippen molar-refractivity contribution in [2.24, 2.45) is 0 Å². The summed E-state index contributed by atoms with van der Waals surface area (Å²) in [5.41, 5.74) is 1.89. The molecule has 1 N–H and O–H groups in total. The van der Waals surface area contributed by atoms with Gasteiger partial charge in [-0.3, -0.25) is 9.59 Å². The molecule has 1 fully saturated rings. The minimum absolute atomic E-state index is 0.0212. The molecule has 2 aromatic carbocycles. The van der Waals surface area contributed by atoms with Crippen molar-refractivity contribution >= 4 is 35.0 Å². The second-order valence-corrected chi connectivity index (χ2v) is 7.61. The molecule has 0 spiro atoms. The molecule has 0 atom stereocenters. The van der Waals surface area contributed by atoms with Gasteiger partial charge < -0.3 is 15.0 Å². The summed E-state index contributed by atoms with van der Waals surface area (Å²) in [5.74, 6) is -0.00962. The summed E-state index contributed by atoms with van der Waals surface area (Å²) in [6.45, 7) is 2.95. The summed E-state index contributed by atoms with van der Waals surface area (Å²) in [5, 5.41) is 3.72. The molecule has 1 aliphatic rings. The number of piperidine rings is 1. The number of nitrogens with zero attached hydrogens (tertiary/aromatic N) is 1. The number of carbonyl (C=O) groups excluding carboxylic acids is 2. The number of carbonyl (C=O) groups is 2. The highest BCUT2D eigenvalue weighted by molar-refractivity contribution is 6.37. The van der Waals surface area contributed by atoms with Crippen molar-refractivity contribution < 1.29 is 14.3 Å². The molecular formula is C21H22Cl2N2O3. The molecule has 0 radical (unpaired) electrons. The van der Waals surface area contributed by atoms with Crippen LogP contribution in [0.25, 0.3) is 0 Å². The number of hydrogen-bond donors (Lipinski definition) is 1. The Morgan fingerprint density at radius 2 is 1.71 bits per heavy atom. The van der Waals surface area contributed by atoms with Gasteiger partial charge in [0.2, 0.25) is 0 Å². The van der Waals surface area contributed by atoms with Crippen LogP contribution >= 0.6 is 23.2 Å². The Morgan fingerprint density at radius 1 is 1.07 bits per heavy atom. The molecule has 0 aliphatic carbocycles. The molecule has 1 heterocycles. The van der Waals surface area contributed by atoms with E-state index in [2.05, 4.69) is 5.32 Å². The lowest BCUT2D eigenvalue weighted by atomic mass is 10.0. The Labute approximate surface area is 174 Å². The Kier molecular flexibility index (Phi) is 6.47. The van der Waals surface area contributed by atoms with Crippen molar-refractivity contribution in [1.29, 1.82) is 0 Å². The van der Waals surface area contributed by atoms with E-state index in [-0.39, 0.29) is 29.2 Å². The number of hydrogen-bond acceptors (Lipinski definition) is 3. The first kappa shape index (κ1) is 20.5. The molecule has 7 heteroatoms. The fourth-order valence-electron chi connectivity index (χ4n) is 3.41. The maximum atomic E-state index is 13.0. The zero-order valence-corrected chi connectivity index (χ0v) is 17.3. The number of aryl methyl sites for hydroxylation is 1. The second-order valence-electron chi connectivity index (χ2n) is 6.79. The summed E-state index contributed by atoms with van der Waals surface area (Å²) >= 11 is 12.4. The first-order valence-corrected chi connectivity index (χ1v) is 9.85. The average molecular weight is 421 g/mol. The third kappa shape index (κ3) is 4.26. The minimum Gasteiger partial charge on any atom is -0.494 e. The lowest BCUT2D eigenvalue weighted by Crippen LogP contribution is -2.46. The highest BCUT2D eigenvalue weighted by Crippen LogP contribution is 2.35. The molecule has 0 bridgehead atoms. The third-order valence-electron chi connectivity index (χ3n) is 4.98. The van der Waals surface area contributed by atoms with Crippen LogP contribution in [0.15, 0.2) is 36.4 Å². The lowest BCUT2D eigenvalue weighted by Gasteiger charge is -2.33. The van der Waals surface area contributed by atoms with Gasteiger partial charge in [-0.05, 0) is 43.5 Å². The molecule has 2 amide bonds. The van der Waals surface area contributed by atoms with Crippen LogP contribution in [0.5, 0.6) is 5.75 Å². The Bertz CT molecular complexity index is 893. The van der Waals surface area contributed by atoms with E-state index in [1.165, 1.54) is 7.11 Å². The van der Waals surface area contributed by atoms with Crippen LogP contribution in [0, 0.1) is 6.92 Å². The van der Waals surface area contributed by atoms with Gasteiger partial charge in [0.25, 0.3) is 11.8 Å². The highest BCUT2D eigenvalue weighted by atomic mass is 35.5. The molecule has 28 heavy (non-hydrogen) atoms. The average Bonchev–Trinajstić information content (AvgIpc) is 2.69. The largest absolute Gasteiger partial charge is 0.494 e. The van der Waals surface area contributed by atoms with Gasteiger partial charge in [-0.25, -0.2) is 0 Å². The molecule has 1 saturated heterocycles. The maximum Gasteiger partial charge on any atom is 0.259 e. The van der Waals surface area contributed by atoms with Gasteiger partial charge in [-0.1, -0.05) is 41.4 Å². The topological polar surface area (TPSA) is 58.6 Å². The van der Waals surface area contributed by atoms with E-state index in [4.69, 9.17) is 27.9 Å². The van der Waals surface area contributed by atoms with E-state index in [0.717, 1.165) is 5.56 Å². The second kappa shape index (κ2) is 8.84. The Balaban J connectivity index is 1.65. The standard InChI is InChI=1S/C21H22Cl2N2O3/c1-13-5-3-4-6-15(13)20(26)24-14-9-11-25(12-10-14)21(27)18-16(22)7-8-17(23)19(18)28-2/h3-8,14H,9-12H2,1-2H3,(H,24,26). The van der Waals surface area contributed by atoms with Crippen LogP contribution in [0.4, 0.5) is 0 Å². The normalized spacial score (nSPS) is 14.6. The highest BCUT2D eigenvalue weighted by Gasteiger charge is 2.29. The van der Waals surface area contributed by atoms with Gasteiger partial charge in [0, 0.05) is 24.7 Å². The smallest absolute Gasteiger partial charge is 0.259 e. The molecule has 0 saturated carbocycles. The fourth-order valence-corrected chi connectivity index (χ4v) is 3.87. The molecule has 3 rings (SSSR count). The molecule has 0 unspecified atom stereocenters. The van der Waals surface area contributed by atoms with Gasteiger partial charge in [0.15, 0.2) is 5.75 Å². The molecular weight excluding hydrogens is 399 g/mol. The number of amides is 2. The monoisotopic (exact) mass is 420 g/mol. The summed E-state index contributed by atoms with van der Waals surface area (Å²) in [6.07, 6.45) is 1.34. The number of ether oxygens (including phenoxy) is 1. The van der Waals surface area contributed by atoms with Gasteiger partial charge >= 0.3 is 0 Å². The van der Waals surface area contributed by atoms with Gasteiger partial charge in [0.1, 0.15) is 5.56 Å². The summed E-state index contributed by atoms with van der Waals surface area (Å²) in [4.78, 5) is 27.2. The quantitative estimate of drug-likeness (QED) is 0.799. The van der Waals surface area contributed by atoms with Crippen LogP contribution in [0.3, 0.4) is 0 Å². The zero-order chi connectivity index (χ0) is 20.3. The van der Waals surface area contributed by atoms with Crippen LogP contribution in [-0.2, 0) is 0 Å². The van der Waals surface area contributed by atoms with Crippen molar-refractivity contribution in [3.8, 4) is 5.75 Å². The van der Waals surface area contributed by atoms with E-state index in [9.17, 15) is 9.59 Å². The van der Waals surface area contributed by atoms with E-state index < -0.39 is 0 Å². The van der Waals surface area contributed by atoms with E-state index in [1.807, 2.05) is 31.2 Å². The summed E-state index contributed by atoms with van der Waals surface area (Å²) in [6, 6.07) is 10.7. The molecule has 5 nitrogen and oxygen atoms in total. The first-order chi connectivity index (χ1) is 13.4. The number of likely N-dealkylation sites (tertiary alicyclic amines) is 1. The number of rotatable bonds is 4. The Hall–Kier alpha value is -2.24. The summed E-state index contributed by atoms with van der Waals surface area (Å²) in [7, 11) is 1.46. The van der Waals surface area contributed by atoms with Gasteiger partial charge in [-0.2, -0.15) is 0 Å². The van der Waals surface area contributed by atoms with E-state index >= 15 is 0 Å². The first-order valence-electron chi connectivity index (χ1n) is 9.10. The predicted octanol–water partition coefficient (Wildman–Crippen LogP) is 4.35. The SMILES string of the molecule is COc1c(Cl)ccc(Cl)c1C(=O)N1CCC(NC(=O)c2ccccc2C)CC1. The van der Waals surface area contributed by atoms with E-state index in [1.54, 1.807) is 17.0 Å². The maximum absolute atomic E-state index is 13.0. The van der Waals surface area contributed by atoms with Crippen LogP contribution in [0.1, 0.15) is 39.1 Å². The van der Waals surface area contributed by atoms with Gasteiger partial charge in [-0.15, -0.1) is 0 Å². The lowest BCUT2D eigenvalue weighted by molar-refractivity contribution is 0.0695. The zero-order valence-electron chi connectivity index (χ0n) is 15.8. The fraction of sp³-hybridized carbons (Fsp3) is 0.333. The molecule has 2 aromatic rings. The molecule has 148 valence electrons. The van der Waals surface area contributed by atoms with Crippen molar-refractivity contribution in [3.05, 3.63) is 63.1 Å². The number of benzene rings is 2. The van der Waals surface area contributed by atoms with Crippen LogP contribution < -0.4 is 10.1 Å². The van der Waals surface area contributed by atoms with Crippen molar-refractivity contribution in [1.82, 2.24) is 10.2 Å². The van der Waals surface area contributed by atoms with Crippen molar-refractivity contribution in [3.63, 3.8) is 0 Å². The number of nitrogens with one attached hydrogen (secondary N) is 1. The van der Waals surface area contributed by atoms with Crippen LogP contribution in [0.2, 0.25) is 10.0 Å². The minimum atomic E-state index is -0.215. The van der Waals surface area contributed by atoms with Crippen LogP contribution in [-0.4, -0.2) is 43.0 Å². The molecule has 1 aliphatic heterocycles. The predicted molar refractivity (Wildman–Crippen MR) is 111 cm³/mol. The number of methoxy groups -OCH3 is 1. The van der Waals surface area contributed by atoms with Gasteiger partial charge in [0.05, 0.1) is 17.2 Å². The van der Waals surface area contributed by atoms with E-state index in [0.29, 0.717) is 41.5 Å². The molecule has 0 aromatic heterocycles. The Morgan fingerprint density at radius 3 is 2.36 bits per heavy atom. The number of halogens is 2. The van der Waals surface area contributed by atoms with Crippen molar-refractivity contribution in [2.75, 3.05) is 20.2 Å². The van der Waals surface area contributed by atoms with Crippen molar-refractivity contribution in [2.45, 2.75) is 25.8 Å². The summed E-state index contributed by atoms with van der Waals surface area (Å²) < 4.78 is 5.28.